The van der Waals surface area contributed by atoms with Crippen molar-refractivity contribution in [3.8, 4) is 0 Å². The minimum Gasteiger partial charge on any atom is -0.466 e. The van der Waals surface area contributed by atoms with Crippen LogP contribution in [0.1, 0.15) is 47.0 Å². The van der Waals surface area contributed by atoms with E-state index in [-0.39, 0.29) is 6.04 Å². The average molecular weight is 247 g/mol. The maximum absolute atomic E-state index is 5.56. The highest BCUT2D eigenvalue weighted by atomic mass is 16.3. The Morgan fingerprint density at radius 1 is 1.33 bits per heavy atom. The molecule has 0 aliphatic heterocycles. The standard InChI is InChI=1S/C14H21N3O/c1-8-6-13(12(5)18-8)9(2)15-7-14-10(3)16-17-11(14)4/h6,9,15H,7H2,1-5H3,(H,16,17). The molecule has 0 saturated heterocycles. The molecule has 18 heavy (non-hydrogen) atoms. The molecule has 0 aromatic carbocycles. The van der Waals surface area contributed by atoms with Crippen molar-refractivity contribution in [3.63, 3.8) is 0 Å². The fourth-order valence-electron chi connectivity index (χ4n) is 2.28. The number of aryl methyl sites for hydroxylation is 4. The Morgan fingerprint density at radius 2 is 2.06 bits per heavy atom. The summed E-state index contributed by atoms with van der Waals surface area (Å²) >= 11 is 0. The lowest BCUT2D eigenvalue weighted by Gasteiger charge is -2.13. The van der Waals surface area contributed by atoms with Crippen molar-refractivity contribution in [3.05, 3.63) is 40.1 Å². The molecule has 0 amide bonds. The average Bonchev–Trinajstić information content (AvgIpc) is 2.80. The quantitative estimate of drug-likeness (QED) is 0.873. The Bertz CT molecular complexity index is 520. The first kappa shape index (κ1) is 12.9. The van der Waals surface area contributed by atoms with E-state index in [1.807, 2.05) is 20.8 Å². The molecule has 0 spiro atoms. The van der Waals surface area contributed by atoms with Crippen LogP contribution in [0, 0.1) is 27.7 Å². The van der Waals surface area contributed by atoms with Crippen LogP contribution in [0.15, 0.2) is 10.5 Å². The van der Waals surface area contributed by atoms with Crippen LogP contribution in [0.5, 0.6) is 0 Å². The second-order valence-corrected chi connectivity index (χ2v) is 4.88. The van der Waals surface area contributed by atoms with Gasteiger partial charge >= 0.3 is 0 Å². The first-order valence-electron chi connectivity index (χ1n) is 6.29. The van der Waals surface area contributed by atoms with Crippen LogP contribution in [0.3, 0.4) is 0 Å². The number of hydrogen-bond acceptors (Lipinski definition) is 3. The number of nitrogens with zero attached hydrogens (tertiary/aromatic N) is 1. The van der Waals surface area contributed by atoms with Crippen LogP contribution >= 0.6 is 0 Å². The van der Waals surface area contributed by atoms with E-state index in [1.165, 1.54) is 11.1 Å². The van der Waals surface area contributed by atoms with Crippen LogP contribution in [0.2, 0.25) is 0 Å². The topological polar surface area (TPSA) is 53.9 Å². The van der Waals surface area contributed by atoms with E-state index in [2.05, 4.69) is 35.4 Å². The molecule has 1 unspecified atom stereocenters. The zero-order valence-corrected chi connectivity index (χ0v) is 11.7. The SMILES string of the molecule is Cc1cc(C(C)NCc2c(C)n[nH]c2C)c(C)o1. The molecule has 1 atom stereocenters. The van der Waals surface area contributed by atoms with Crippen molar-refractivity contribution < 1.29 is 4.42 Å². The predicted molar refractivity (Wildman–Crippen MR) is 71.5 cm³/mol. The molecule has 0 bridgehead atoms. The lowest BCUT2D eigenvalue weighted by Crippen LogP contribution is -2.19. The largest absolute Gasteiger partial charge is 0.466 e. The number of hydrogen-bond donors (Lipinski definition) is 2. The summed E-state index contributed by atoms with van der Waals surface area (Å²) in [4.78, 5) is 0. The van der Waals surface area contributed by atoms with Gasteiger partial charge in [-0.15, -0.1) is 0 Å². The van der Waals surface area contributed by atoms with Gasteiger partial charge in [0, 0.05) is 29.4 Å². The summed E-state index contributed by atoms with van der Waals surface area (Å²) in [6.07, 6.45) is 0. The fraction of sp³-hybridized carbons (Fsp3) is 0.500. The highest BCUT2D eigenvalue weighted by molar-refractivity contribution is 5.25. The molecule has 2 aromatic heterocycles. The van der Waals surface area contributed by atoms with Crippen molar-refractivity contribution in [1.82, 2.24) is 15.5 Å². The lowest BCUT2D eigenvalue weighted by molar-refractivity contribution is 0.489. The summed E-state index contributed by atoms with van der Waals surface area (Å²) in [6.45, 7) is 11.0. The van der Waals surface area contributed by atoms with E-state index in [0.29, 0.717) is 0 Å². The van der Waals surface area contributed by atoms with Crippen LogP contribution in [0.25, 0.3) is 0 Å². The Labute approximate surface area is 108 Å². The Hall–Kier alpha value is -1.55. The van der Waals surface area contributed by atoms with Gasteiger partial charge in [-0.2, -0.15) is 5.10 Å². The first-order valence-corrected chi connectivity index (χ1v) is 6.29. The van der Waals surface area contributed by atoms with Gasteiger partial charge in [0.05, 0.1) is 5.69 Å². The number of aromatic nitrogens is 2. The molecule has 0 aliphatic rings. The zero-order chi connectivity index (χ0) is 13.3. The van der Waals surface area contributed by atoms with Gasteiger partial charge in [0.25, 0.3) is 0 Å². The summed E-state index contributed by atoms with van der Waals surface area (Å²) in [6, 6.07) is 2.37. The van der Waals surface area contributed by atoms with E-state index < -0.39 is 0 Å². The fourth-order valence-corrected chi connectivity index (χ4v) is 2.28. The molecule has 0 radical (unpaired) electrons. The van der Waals surface area contributed by atoms with E-state index in [1.54, 1.807) is 0 Å². The highest BCUT2D eigenvalue weighted by Crippen LogP contribution is 2.22. The van der Waals surface area contributed by atoms with Crippen molar-refractivity contribution in [2.75, 3.05) is 0 Å². The smallest absolute Gasteiger partial charge is 0.105 e. The highest BCUT2D eigenvalue weighted by Gasteiger charge is 2.13. The van der Waals surface area contributed by atoms with Gasteiger partial charge in [-0.1, -0.05) is 0 Å². The molecule has 2 heterocycles. The van der Waals surface area contributed by atoms with Crippen molar-refractivity contribution in [2.24, 2.45) is 0 Å². The summed E-state index contributed by atoms with van der Waals surface area (Å²) in [5.74, 6) is 1.96. The molecule has 98 valence electrons. The summed E-state index contributed by atoms with van der Waals surface area (Å²) in [5, 5.41) is 10.7. The molecule has 4 heteroatoms. The van der Waals surface area contributed by atoms with Crippen LogP contribution in [0.4, 0.5) is 0 Å². The Kier molecular flexibility index (Phi) is 3.57. The number of furan rings is 1. The number of rotatable bonds is 4. The molecule has 2 rings (SSSR count). The number of H-pyrrole nitrogens is 1. The third-order valence-corrected chi connectivity index (χ3v) is 3.41. The van der Waals surface area contributed by atoms with Gasteiger partial charge in [0.15, 0.2) is 0 Å². The summed E-state index contributed by atoms with van der Waals surface area (Å²) in [5.41, 5.74) is 4.67. The second kappa shape index (κ2) is 4.98. The number of aromatic amines is 1. The molecule has 0 aliphatic carbocycles. The maximum atomic E-state index is 5.56. The second-order valence-electron chi connectivity index (χ2n) is 4.88. The molecule has 0 fully saturated rings. The third kappa shape index (κ3) is 2.48. The normalized spacial score (nSPS) is 12.9. The van der Waals surface area contributed by atoms with Crippen molar-refractivity contribution in [2.45, 2.75) is 47.2 Å². The monoisotopic (exact) mass is 247 g/mol. The zero-order valence-electron chi connectivity index (χ0n) is 11.7. The number of nitrogens with one attached hydrogen (secondary N) is 2. The lowest BCUT2D eigenvalue weighted by atomic mass is 10.1. The van der Waals surface area contributed by atoms with Gasteiger partial charge in [0.2, 0.25) is 0 Å². The van der Waals surface area contributed by atoms with Gasteiger partial charge in [-0.3, -0.25) is 5.10 Å². The maximum Gasteiger partial charge on any atom is 0.105 e. The van der Waals surface area contributed by atoms with Gasteiger partial charge in [-0.25, -0.2) is 0 Å². The first-order chi connectivity index (χ1) is 8.49. The van der Waals surface area contributed by atoms with E-state index in [4.69, 9.17) is 4.42 Å². The molecule has 2 aromatic rings. The molecule has 4 nitrogen and oxygen atoms in total. The Balaban J connectivity index is 2.05. The van der Waals surface area contributed by atoms with Gasteiger partial charge in [-0.05, 0) is 40.7 Å². The van der Waals surface area contributed by atoms with Gasteiger partial charge < -0.3 is 9.73 Å². The predicted octanol–water partition coefficient (Wildman–Crippen LogP) is 3.09. The Morgan fingerprint density at radius 3 is 2.56 bits per heavy atom. The van der Waals surface area contributed by atoms with Crippen LogP contribution in [-0.4, -0.2) is 10.2 Å². The van der Waals surface area contributed by atoms with Crippen molar-refractivity contribution >= 4 is 0 Å². The summed E-state index contributed by atoms with van der Waals surface area (Å²) in [7, 11) is 0. The van der Waals surface area contributed by atoms with Gasteiger partial charge in [0.1, 0.15) is 11.5 Å². The van der Waals surface area contributed by atoms with Crippen LogP contribution < -0.4 is 5.32 Å². The van der Waals surface area contributed by atoms with E-state index in [9.17, 15) is 0 Å². The molecular formula is C14H21N3O. The van der Waals surface area contributed by atoms with Crippen LogP contribution in [-0.2, 0) is 6.54 Å². The minimum absolute atomic E-state index is 0.274. The van der Waals surface area contributed by atoms with Crippen molar-refractivity contribution in [1.29, 1.82) is 0 Å². The van der Waals surface area contributed by atoms with E-state index >= 15 is 0 Å². The molecule has 0 saturated carbocycles. The molecule has 2 N–H and O–H groups in total. The minimum atomic E-state index is 0.274. The summed E-state index contributed by atoms with van der Waals surface area (Å²) < 4.78 is 5.56. The molecular weight excluding hydrogens is 226 g/mol. The third-order valence-electron chi connectivity index (χ3n) is 3.41. The van der Waals surface area contributed by atoms with E-state index in [0.717, 1.165) is 29.5 Å².